The van der Waals surface area contributed by atoms with Crippen LogP contribution in [0.4, 0.5) is 18.9 Å². The Balaban J connectivity index is 0.000000399. The summed E-state index contributed by atoms with van der Waals surface area (Å²) in [6.07, 6.45) is -2.14. The van der Waals surface area contributed by atoms with Gasteiger partial charge in [-0.3, -0.25) is 5.73 Å². The zero-order valence-electron chi connectivity index (χ0n) is 9.61. The standard InChI is InChI=1S/C9H10N2O.C2HF3O2/c10-8-4-2-1-3-7(8)5-6-9(11)12;3-2(4,5)1(6)7/h1-6H,10H2,(H2,11,12);(H,6,7)/b6-5-;. The summed E-state index contributed by atoms with van der Waals surface area (Å²) in [4.78, 5) is 19.3. The molecule has 0 fully saturated rings. The number of rotatable bonds is 2. The lowest BCUT2D eigenvalue weighted by Crippen LogP contribution is -2.55. The zero-order chi connectivity index (χ0) is 15.1. The lowest BCUT2D eigenvalue weighted by molar-refractivity contribution is -0.344. The van der Waals surface area contributed by atoms with Crippen LogP contribution in [0.2, 0.25) is 0 Å². The summed E-state index contributed by atoms with van der Waals surface area (Å²) in [5.74, 6) is -3.23. The van der Waals surface area contributed by atoms with E-state index in [2.05, 4.69) is 5.73 Å². The number of anilines is 1. The molecule has 19 heavy (non-hydrogen) atoms. The summed E-state index contributed by atoms with van der Waals surface area (Å²) in [6, 6.07) is 7.34. The van der Waals surface area contributed by atoms with Crippen LogP contribution in [0.1, 0.15) is 5.56 Å². The molecule has 0 aliphatic carbocycles. The molecule has 1 aromatic rings. The molecule has 0 unspecified atom stereocenters. The smallest absolute Gasteiger partial charge is 0.430 e. The number of benzene rings is 1. The summed E-state index contributed by atoms with van der Waals surface area (Å²) in [6.45, 7) is 0. The minimum Gasteiger partial charge on any atom is -0.542 e. The van der Waals surface area contributed by atoms with Gasteiger partial charge in [0.1, 0.15) is 5.97 Å². The molecule has 0 aliphatic heterocycles. The first-order valence-corrected chi connectivity index (χ1v) is 4.81. The SMILES string of the molecule is Nc1ccccc1/C=C\C([NH3+])=O.O=C([O-])C(F)(F)F. The summed E-state index contributed by atoms with van der Waals surface area (Å²) in [5, 5.41) is 8.78. The van der Waals surface area contributed by atoms with Crippen molar-refractivity contribution in [2.45, 2.75) is 6.18 Å². The Hall–Kier alpha value is -2.35. The first-order valence-electron chi connectivity index (χ1n) is 4.81. The van der Waals surface area contributed by atoms with Crippen molar-refractivity contribution in [2.24, 2.45) is 0 Å². The Morgan fingerprint density at radius 1 is 1.26 bits per heavy atom. The van der Waals surface area contributed by atoms with Gasteiger partial charge in [0.25, 0.3) is 0 Å². The van der Waals surface area contributed by atoms with E-state index in [9.17, 15) is 18.0 Å². The average Bonchev–Trinajstić information content (AvgIpc) is 2.27. The number of quaternary nitrogens is 1. The second kappa shape index (κ2) is 7.17. The van der Waals surface area contributed by atoms with E-state index in [-0.39, 0.29) is 5.91 Å². The lowest BCUT2D eigenvalue weighted by Gasteiger charge is -2.03. The van der Waals surface area contributed by atoms with E-state index in [4.69, 9.17) is 15.6 Å². The highest BCUT2D eigenvalue weighted by atomic mass is 19.4. The maximum atomic E-state index is 10.5. The Bertz CT molecular complexity index is 484. The van der Waals surface area contributed by atoms with Gasteiger partial charge in [-0.1, -0.05) is 18.2 Å². The number of hydrogen-bond donors (Lipinski definition) is 2. The number of nitrogen functional groups attached to an aromatic ring is 1. The van der Waals surface area contributed by atoms with Crippen LogP contribution in [0.15, 0.2) is 30.3 Å². The molecule has 5 N–H and O–H groups in total. The fourth-order valence-electron chi connectivity index (χ4n) is 0.845. The molecule has 0 bridgehead atoms. The van der Waals surface area contributed by atoms with Crippen LogP contribution in [0.25, 0.3) is 6.08 Å². The number of carbonyl (C=O) groups is 2. The Morgan fingerprint density at radius 2 is 1.74 bits per heavy atom. The molecule has 0 aliphatic rings. The van der Waals surface area contributed by atoms with Gasteiger partial charge in [-0.25, -0.2) is 4.79 Å². The average molecular weight is 276 g/mol. The number of aliphatic carboxylic acids is 1. The molecule has 0 saturated carbocycles. The molecule has 0 radical (unpaired) electrons. The molecule has 1 rings (SSSR count). The minimum atomic E-state index is -5.19. The number of para-hydroxylation sites is 1. The van der Waals surface area contributed by atoms with Gasteiger partial charge < -0.3 is 15.6 Å². The van der Waals surface area contributed by atoms with Crippen molar-refractivity contribution in [1.29, 1.82) is 0 Å². The van der Waals surface area contributed by atoms with Crippen LogP contribution in [0.5, 0.6) is 0 Å². The van der Waals surface area contributed by atoms with E-state index in [1.807, 2.05) is 18.2 Å². The number of halogens is 3. The fraction of sp³-hybridized carbons (Fsp3) is 0.0909. The molecule has 0 aromatic heterocycles. The van der Waals surface area contributed by atoms with Crippen LogP contribution in [0, 0.1) is 0 Å². The van der Waals surface area contributed by atoms with Crippen molar-refractivity contribution in [3.63, 3.8) is 0 Å². The third-order valence-corrected chi connectivity index (χ3v) is 1.68. The molecule has 5 nitrogen and oxygen atoms in total. The van der Waals surface area contributed by atoms with Gasteiger partial charge >= 0.3 is 12.1 Å². The van der Waals surface area contributed by atoms with Crippen molar-refractivity contribution in [1.82, 2.24) is 0 Å². The lowest BCUT2D eigenvalue weighted by atomic mass is 10.2. The zero-order valence-corrected chi connectivity index (χ0v) is 9.61. The third-order valence-electron chi connectivity index (χ3n) is 1.68. The van der Waals surface area contributed by atoms with Crippen molar-refractivity contribution < 1.29 is 33.6 Å². The highest BCUT2D eigenvalue weighted by molar-refractivity contribution is 5.85. The Morgan fingerprint density at radius 3 is 2.11 bits per heavy atom. The molecular weight excluding hydrogens is 265 g/mol. The van der Waals surface area contributed by atoms with Crippen LogP contribution >= 0.6 is 0 Å². The summed E-state index contributed by atoms with van der Waals surface area (Å²) in [7, 11) is 0. The molecular formula is C11H11F3N2O3. The van der Waals surface area contributed by atoms with Gasteiger partial charge in [-0.2, -0.15) is 13.2 Å². The number of hydrogen-bond acceptors (Lipinski definition) is 4. The van der Waals surface area contributed by atoms with Crippen molar-refractivity contribution in [2.75, 3.05) is 5.73 Å². The highest BCUT2D eigenvalue weighted by Gasteiger charge is 2.28. The van der Waals surface area contributed by atoms with E-state index in [0.29, 0.717) is 5.69 Å². The van der Waals surface area contributed by atoms with Gasteiger partial charge in [-0.05, 0) is 17.7 Å². The summed E-state index contributed by atoms with van der Waals surface area (Å²) in [5.41, 5.74) is 10.3. The minimum absolute atomic E-state index is 0.224. The molecule has 0 heterocycles. The molecule has 0 spiro atoms. The van der Waals surface area contributed by atoms with Crippen LogP contribution in [-0.4, -0.2) is 18.1 Å². The molecule has 1 aromatic carbocycles. The molecule has 8 heteroatoms. The normalized spacial score (nSPS) is 10.7. The maximum Gasteiger partial charge on any atom is 0.430 e. The monoisotopic (exact) mass is 276 g/mol. The first kappa shape index (κ1) is 16.6. The summed E-state index contributed by atoms with van der Waals surface area (Å²) < 4.78 is 31.5. The van der Waals surface area contributed by atoms with Gasteiger partial charge in [0.05, 0.1) is 0 Å². The number of amides is 1. The number of carboxylic acid groups (broad SMARTS) is 1. The van der Waals surface area contributed by atoms with Crippen molar-refractivity contribution >= 4 is 23.6 Å². The largest absolute Gasteiger partial charge is 0.542 e. The molecule has 0 atom stereocenters. The number of alkyl halides is 3. The van der Waals surface area contributed by atoms with Crippen LogP contribution < -0.4 is 16.6 Å². The first-order chi connectivity index (χ1) is 8.64. The number of carboxylic acids is 1. The number of nitrogens with two attached hydrogens (primary N) is 1. The Labute approximate surface area is 106 Å². The Kier molecular flexibility index (Phi) is 6.28. The third kappa shape index (κ3) is 7.55. The van der Waals surface area contributed by atoms with E-state index in [1.165, 1.54) is 6.08 Å². The maximum absolute atomic E-state index is 10.5. The van der Waals surface area contributed by atoms with Gasteiger partial charge in [-0.15, -0.1) is 0 Å². The highest BCUT2D eigenvalue weighted by Crippen LogP contribution is 2.12. The van der Waals surface area contributed by atoms with Crippen molar-refractivity contribution in [3.8, 4) is 0 Å². The van der Waals surface area contributed by atoms with E-state index >= 15 is 0 Å². The van der Waals surface area contributed by atoms with Gasteiger partial charge in [0.15, 0.2) is 0 Å². The molecule has 1 amide bonds. The van der Waals surface area contributed by atoms with Crippen molar-refractivity contribution in [3.05, 3.63) is 35.9 Å². The predicted octanol–water partition coefficient (Wildman–Crippen LogP) is -0.651. The fourth-order valence-corrected chi connectivity index (χ4v) is 0.845. The second-order valence-corrected chi connectivity index (χ2v) is 3.21. The topological polar surface area (TPSA) is 111 Å². The van der Waals surface area contributed by atoms with E-state index in [1.54, 1.807) is 12.1 Å². The molecule has 0 saturated heterocycles. The summed E-state index contributed by atoms with van der Waals surface area (Å²) >= 11 is 0. The quantitative estimate of drug-likeness (QED) is 0.552. The predicted molar refractivity (Wildman–Crippen MR) is 58.8 cm³/mol. The van der Waals surface area contributed by atoms with Gasteiger partial charge in [0.2, 0.25) is 0 Å². The van der Waals surface area contributed by atoms with E-state index < -0.39 is 12.1 Å². The van der Waals surface area contributed by atoms with E-state index in [0.717, 1.165) is 5.56 Å². The number of carbonyl (C=O) groups excluding carboxylic acids is 2. The van der Waals surface area contributed by atoms with Crippen LogP contribution in [0.3, 0.4) is 0 Å². The second-order valence-electron chi connectivity index (χ2n) is 3.21. The van der Waals surface area contributed by atoms with Gasteiger partial charge in [0, 0.05) is 11.8 Å². The molecule has 104 valence electrons. The van der Waals surface area contributed by atoms with Crippen LogP contribution in [-0.2, 0) is 9.59 Å².